The third-order valence-electron chi connectivity index (χ3n) is 6.18. The Labute approximate surface area is 162 Å². The molecule has 1 heterocycles. The summed E-state index contributed by atoms with van der Waals surface area (Å²) in [6.07, 6.45) is 2.60. The van der Waals surface area contributed by atoms with Crippen molar-refractivity contribution in [3.8, 4) is 24.3 Å². The van der Waals surface area contributed by atoms with E-state index in [2.05, 4.69) is 0 Å². The lowest BCUT2D eigenvalue weighted by molar-refractivity contribution is -0.116. The number of hydrogen-bond donors (Lipinski definition) is 0. The van der Waals surface area contributed by atoms with E-state index in [1.54, 1.807) is 0 Å². The second kappa shape index (κ2) is 6.23. The number of benzene rings is 1. The van der Waals surface area contributed by atoms with Crippen molar-refractivity contribution in [1.29, 1.82) is 21.0 Å². The number of carbonyl (C=O) groups excluding carboxylic acids is 1. The molecule has 2 aliphatic carbocycles. The fraction of sp³-hybridized carbons (Fsp3) is 0.409. The van der Waals surface area contributed by atoms with Crippen LogP contribution in [0.5, 0.6) is 0 Å². The van der Waals surface area contributed by atoms with Crippen LogP contribution in [-0.4, -0.2) is 5.78 Å². The molecule has 0 aromatic heterocycles. The minimum absolute atomic E-state index is 0.0183. The molecule has 0 saturated carbocycles. The Balaban J connectivity index is 1.82. The van der Waals surface area contributed by atoms with E-state index in [9.17, 15) is 25.8 Å². The molecule has 1 aliphatic heterocycles. The fourth-order valence-corrected chi connectivity index (χ4v) is 4.46. The van der Waals surface area contributed by atoms with E-state index < -0.39 is 10.8 Å². The van der Waals surface area contributed by atoms with Crippen molar-refractivity contribution >= 4 is 5.78 Å². The first-order chi connectivity index (χ1) is 13.5. The van der Waals surface area contributed by atoms with Gasteiger partial charge in [-0.15, -0.1) is 0 Å². The summed E-state index contributed by atoms with van der Waals surface area (Å²) in [4.78, 5) is 12.3. The van der Waals surface area contributed by atoms with Gasteiger partial charge in [-0.25, -0.2) is 0 Å². The van der Waals surface area contributed by atoms with Gasteiger partial charge >= 0.3 is 0 Å². The van der Waals surface area contributed by atoms with Gasteiger partial charge in [0, 0.05) is 37.7 Å². The number of ether oxygens (including phenoxy) is 1. The van der Waals surface area contributed by atoms with Crippen molar-refractivity contribution in [2.75, 3.05) is 0 Å². The van der Waals surface area contributed by atoms with Crippen LogP contribution < -0.4 is 0 Å². The van der Waals surface area contributed by atoms with Gasteiger partial charge in [-0.3, -0.25) is 4.79 Å². The molecule has 0 atom stereocenters. The van der Waals surface area contributed by atoms with Crippen LogP contribution in [0.3, 0.4) is 0 Å². The van der Waals surface area contributed by atoms with Gasteiger partial charge in [-0.2, -0.15) is 21.0 Å². The average molecular weight is 368 g/mol. The molecule has 1 aromatic rings. The van der Waals surface area contributed by atoms with Crippen molar-refractivity contribution in [1.82, 2.24) is 0 Å². The van der Waals surface area contributed by atoms with Gasteiger partial charge in [0.15, 0.2) is 16.6 Å². The molecule has 0 fully saturated rings. The molecule has 0 unspecified atom stereocenters. The van der Waals surface area contributed by atoms with E-state index in [-0.39, 0.29) is 18.6 Å². The lowest BCUT2D eigenvalue weighted by atomic mass is 9.57. The summed E-state index contributed by atoms with van der Waals surface area (Å²) < 4.78 is 5.91. The topological polar surface area (TPSA) is 121 Å². The van der Waals surface area contributed by atoms with Crippen LogP contribution in [0.2, 0.25) is 0 Å². The Kier molecular flexibility index (Phi) is 3.96. The van der Waals surface area contributed by atoms with Gasteiger partial charge in [0.05, 0.1) is 24.3 Å². The number of allylic oxidation sites excluding steroid dienone is 2. The summed E-state index contributed by atoms with van der Waals surface area (Å²) in [6, 6.07) is 11.6. The lowest BCUT2D eigenvalue weighted by Gasteiger charge is -2.37. The number of nitriles is 4. The predicted molar refractivity (Wildman–Crippen MR) is 95.5 cm³/mol. The molecule has 0 saturated heterocycles. The summed E-state index contributed by atoms with van der Waals surface area (Å²) >= 11 is 0. The minimum atomic E-state index is -1.72. The molecule has 0 radical (unpaired) electrons. The van der Waals surface area contributed by atoms with Crippen molar-refractivity contribution in [3.63, 3.8) is 0 Å². The molecule has 136 valence electrons. The summed E-state index contributed by atoms with van der Waals surface area (Å²) in [5.74, 6) is 0.875. The van der Waals surface area contributed by atoms with E-state index in [4.69, 9.17) is 4.74 Å². The zero-order valence-electron chi connectivity index (χ0n) is 15.2. The maximum Gasteiger partial charge on any atom is 0.179 e. The van der Waals surface area contributed by atoms with Crippen molar-refractivity contribution in [2.24, 2.45) is 10.8 Å². The van der Waals surface area contributed by atoms with E-state index in [1.807, 2.05) is 36.4 Å². The highest BCUT2D eigenvalue weighted by atomic mass is 16.5. The first kappa shape index (κ1) is 17.8. The molecular formula is C22H16N4O2. The number of ketones is 1. The van der Waals surface area contributed by atoms with Crippen LogP contribution in [0, 0.1) is 56.2 Å². The van der Waals surface area contributed by atoms with Gasteiger partial charge in [0.1, 0.15) is 12.4 Å². The minimum Gasteiger partial charge on any atom is -0.493 e. The number of carbonyl (C=O) groups is 1. The van der Waals surface area contributed by atoms with Crippen molar-refractivity contribution < 1.29 is 9.53 Å². The zero-order chi connectivity index (χ0) is 19.9. The monoisotopic (exact) mass is 368 g/mol. The SMILES string of the molecule is N#CC1(C#N)Cc2cc3c(cc2CC1(C#N)C#N)CC1=C(CCCC1=O)OC3. The molecular weight excluding hydrogens is 352 g/mol. The van der Waals surface area contributed by atoms with Crippen LogP contribution in [0.15, 0.2) is 23.5 Å². The second-order valence-electron chi connectivity index (χ2n) is 7.64. The molecule has 0 bridgehead atoms. The van der Waals surface area contributed by atoms with E-state index >= 15 is 0 Å². The molecule has 0 N–H and O–H groups in total. The standard InChI is InChI=1S/C22H16N4O2/c23-10-21(11-24)7-15-4-14-6-18-19(27)2-1-3-20(18)28-9-17(14)5-16(15)8-22(21,12-25)13-26/h4-5H,1-3,6-9H2. The number of nitrogens with zero attached hydrogens (tertiary/aromatic N) is 4. The van der Waals surface area contributed by atoms with E-state index in [1.165, 1.54) is 0 Å². The third kappa shape index (κ3) is 2.32. The summed E-state index contributed by atoms with van der Waals surface area (Å²) in [5.41, 5.74) is 0.738. The lowest BCUT2D eigenvalue weighted by Crippen LogP contribution is -2.45. The van der Waals surface area contributed by atoms with Crippen LogP contribution in [0.4, 0.5) is 0 Å². The number of rotatable bonds is 0. The molecule has 0 spiro atoms. The molecule has 4 rings (SSSR count). The summed E-state index contributed by atoms with van der Waals surface area (Å²) in [6.45, 7) is 0.336. The quantitative estimate of drug-likeness (QED) is 0.694. The van der Waals surface area contributed by atoms with Crippen LogP contribution in [-0.2, 0) is 35.4 Å². The highest BCUT2D eigenvalue weighted by Gasteiger charge is 2.57. The first-order valence-corrected chi connectivity index (χ1v) is 9.18. The molecule has 6 heteroatoms. The predicted octanol–water partition coefficient (Wildman–Crippen LogP) is 2.93. The highest BCUT2D eigenvalue weighted by molar-refractivity contribution is 5.97. The van der Waals surface area contributed by atoms with Crippen molar-refractivity contribution in [2.45, 2.75) is 45.1 Å². The second-order valence-corrected chi connectivity index (χ2v) is 7.64. The van der Waals surface area contributed by atoms with Gasteiger partial charge < -0.3 is 4.74 Å². The maximum atomic E-state index is 12.3. The Morgan fingerprint density at radius 2 is 1.39 bits per heavy atom. The Morgan fingerprint density at radius 3 is 1.96 bits per heavy atom. The van der Waals surface area contributed by atoms with Gasteiger partial charge in [0.2, 0.25) is 0 Å². The zero-order valence-corrected chi connectivity index (χ0v) is 15.2. The molecule has 1 aromatic carbocycles. The average Bonchev–Trinajstić information content (AvgIpc) is 2.91. The van der Waals surface area contributed by atoms with Crippen LogP contribution >= 0.6 is 0 Å². The van der Waals surface area contributed by atoms with Gasteiger partial charge in [-0.05, 0) is 28.7 Å². The first-order valence-electron chi connectivity index (χ1n) is 9.18. The molecule has 28 heavy (non-hydrogen) atoms. The number of fused-ring (bicyclic) bond motifs is 2. The van der Waals surface area contributed by atoms with E-state index in [0.29, 0.717) is 19.4 Å². The summed E-state index contributed by atoms with van der Waals surface area (Å²) in [5, 5.41) is 38.7. The van der Waals surface area contributed by atoms with Crippen molar-refractivity contribution in [3.05, 3.63) is 45.7 Å². The highest BCUT2D eigenvalue weighted by Crippen LogP contribution is 2.49. The summed E-state index contributed by atoms with van der Waals surface area (Å²) in [7, 11) is 0. The fourth-order valence-electron chi connectivity index (χ4n) is 4.46. The Bertz CT molecular complexity index is 1070. The Hall–Kier alpha value is -3.61. The number of Topliss-reactive ketones (excluding diaryl/α,β-unsaturated/α-hetero) is 1. The van der Waals surface area contributed by atoms with Gasteiger partial charge in [0.25, 0.3) is 0 Å². The van der Waals surface area contributed by atoms with Gasteiger partial charge in [-0.1, -0.05) is 12.1 Å². The van der Waals surface area contributed by atoms with E-state index in [0.717, 1.165) is 46.4 Å². The number of hydrogen-bond acceptors (Lipinski definition) is 6. The maximum absolute atomic E-state index is 12.3. The van der Waals surface area contributed by atoms with Crippen LogP contribution in [0.1, 0.15) is 41.5 Å². The van der Waals surface area contributed by atoms with Crippen LogP contribution in [0.25, 0.3) is 0 Å². The molecule has 6 nitrogen and oxygen atoms in total. The molecule has 0 amide bonds. The Morgan fingerprint density at radius 1 is 0.821 bits per heavy atom. The molecule has 3 aliphatic rings. The largest absolute Gasteiger partial charge is 0.493 e. The smallest absolute Gasteiger partial charge is 0.179 e. The third-order valence-corrected chi connectivity index (χ3v) is 6.18. The normalized spacial score (nSPS) is 21.2.